The standard InChI is InChI=1S/C19H23N3O5/c1-4-9-26-18(25)22-8-7-21(12-14(22)17(23)24)19(2,3)16-10-13-11-20-6-5-15(13)27-16/h4-6,10-11,14H,1,7-9,12H2,2-3H3,(H,23,24)/t14-/m0/s1. The topological polar surface area (TPSA) is 96.1 Å². The summed E-state index contributed by atoms with van der Waals surface area (Å²) in [7, 11) is 0. The number of hydrogen-bond acceptors (Lipinski definition) is 6. The zero-order valence-electron chi connectivity index (χ0n) is 15.4. The number of ether oxygens (including phenoxy) is 1. The molecule has 1 aliphatic heterocycles. The van der Waals surface area contributed by atoms with Crippen molar-refractivity contribution in [1.82, 2.24) is 14.8 Å². The van der Waals surface area contributed by atoms with Crippen LogP contribution < -0.4 is 0 Å². The molecule has 1 saturated heterocycles. The number of furan rings is 1. The Morgan fingerprint density at radius 2 is 2.26 bits per heavy atom. The van der Waals surface area contributed by atoms with Crippen LogP contribution >= 0.6 is 0 Å². The molecular formula is C19H23N3O5. The number of carbonyl (C=O) groups is 2. The van der Waals surface area contributed by atoms with E-state index in [1.165, 1.54) is 11.0 Å². The third-order valence-electron chi connectivity index (χ3n) is 4.93. The van der Waals surface area contributed by atoms with Crippen molar-refractivity contribution in [1.29, 1.82) is 0 Å². The average Bonchev–Trinajstić information content (AvgIpc) is 3.10. The number of fused-ring (bicyclic) bond motifs is 1. The molecule has 3 rings (SSSR count). The number of hydrogen-bond donors (Lipinski definition) is 1. The highest BCUT2D eigenvalue weighted by Crippen LogP contribution is 2.33. The van der Waals surface area contributed by atoms with Gasteiger partial charge in [-0.3, -0.25) is 14.8 Å². The lowest BCUT2D eigenvalue weighted by Gasteiger charge is -2.45. The Balaban J connectivity index is 1.81. The average molecular weight is 373 g/mol. The van der Waals surface area contributed by atoms with Crippen LogP contribution in [0.15, 0.2) is 41.6 Å². The molecule has 0 aromatic carbocycles. The van der Waals surface area contributed by atoms with Gasteiger partial charge in [0.1, 0.15) is 24.0 Å². The maximum Gasteiger partial charge on any atom is 0.410 e. The number of carboxylic acid groups (broad SMARTS) is 1. The van der Waals surface area contributed by atoms with Crippen molar-refractivity contribution < 1.29 is 23.8 Å². The van der Waals surface area contributed by atoms with Crippen LogP contribution in [0.5, 0.6) is 0 Å². The maximum absolute atomic E-state index is 12.2. The van der Waals surface area contributed by atoms with E-state index in [9.17, 15) is 14.7 Å². The molecule has 1 atom stereocenters. The van der Waals surface area contributed by atoms with E-state index in [0.717, 1.165) is 16.7 Å². The summed E-state index contributed by atoms with van der Waals surface area (Å²) in [5.74, 6) is -0.350. The highest BCUT2D eigenvalue weighted by Gasteiger charge is 2.42. The van der Waals surface area contributed by atoms with Crippen molar-refractivity contribution in [2.24, 2.45) is 0 Å². The Kier molecular flexibility index (Phi) is 5.18. The first-order valence-electron chi connectivity index (χ1n) is 8.70. The molecule has 3 heterocycles. The van der Waals surface area contributed by atoms with E-state index in [1.807, 2.05) is 24.8 Å². The summed E-state index contributed by atoms with van der Waals surface area (Å²) >= 11 is 0. The van der Waals surface area contributed by atoms with E-state index in [1.54, 1.807) is 18.5 Å². The summed E-state index contributed by atoms with van der Waals surface area (Å²) in [6, 6.07) is 2.71. The zero-order chi connectivity index (χ0) is 19.6. The molecule has 1 aliphatic rings. The zero-order valence-corrected chi connectivity index (χ0v) is 15.4. The monoisotopic (exact) mass is 373 g/mol. The molecular weight excluding hydrogens is 350 g/mol. The first-order chi connectivity index (χ1) is 12.8. The summed E-state index contributed by atoms with van der Waals surface area (Å²) in [5.41, 5.74) is 0.179. The van der Waals surface area contributed by atoms with Crippen molar-refractivity contribution in [3.63, 3.8) is 0 Å². The molecule has 0 spiro atoms. The smallest absolute Gasteiger partial charge is 0.410 e. The number of carboxylic acids is 1. The summed E-state index contributed by atoms with van der Waals surface area (Å²) in [4.78, 5) is 31.3. The normalized spacial score (nSPS) is 18.4. The van der Waals surface area contributed by atoms with Crippen molar-refractivity contribution >= 4 is 23.0 Å². The van der Waals surface area contributed by atoms with Gasteiger partial charge >= 0.3 is 12.1 Å². The third-order valence-corrected chi connectivity index (χ3v) is 4.93. The van der Waals surface area contributed by atoms with Gasteiger partial charge in [-0.1, -0.05) is 12.7 Å². The summed E-state index contributed by atoms with van der Waals surface area (Å²) < 4.78 is 11.0. The molecule has 0 unspecified atom stereocenters. The molecule has 2 aromatic heterocycles. The number of amides is 1. The maximum atomic E-state index is 12.2. The Bertz CT molecular complexity index is 827. The highest BCUT2D eigenvalue weighted by molar-refractivity contribution is 5.80. The lowest BCUT2D eigenvalue weighted by atomic mass is 9.96. The molecule has 0 aliphatic carbocycles. The Morgan fingerprint density at radius 1 is 1.48 bits per heavy atom. The van der Waals surface area contributed by atoms with Gasteiger partial charge < -0.3 is 14.3 Å². The van der Waals surface area contributed by atoms with E-state index in [-0.39, 0.29) is 19.7 Å². The van der Waals surface area contributed by atoms with Gasteiger partial charge in [-0.15, -0.1) is 0 Å². The Hall–Kier alpha value is -2.87. The van der Waals surface area contributed by atoms with Gasteiger partial charge in [0.2, 0.25) is 0 Å². The first-order valence-corrected chi connectivity index (χ1v) is 8.70. The van der Waals surface area contributed by atoms with Gasteiger partial charge in [0.25, 0.3) is 0 Å². The Labute approximate surface area is 157 Å². The minimum atomic E-state index is -1.07. The minimum Gasteiger partial charge on any atom is -0.480 e. The summed E-state index contributed by atoms with van der Waals surface area (Å²) in [5, 5.41) is 10.5. The predicted octanol–water partition coefficient (Wildman–Crippen LogP) is 2.46. The van der Waals surface area contributed by atoms with Crippen molar-refractivity contribution in [2.45, 2.75) is 25.4 Å². The largest absolute Gasteiger partial charge is 0.480 e. The van der Waals surface area contributed by atoms with Crippen LogP contribution in [-0.4, -0.2) is 64.2 Å². The summed E-state index contributed by atoms with van der Waals surface area (Å²) in [6.07, 6.45) is 4.20. The van der Waals surface area contributed by atoms with E-state index in [4.69, 9.17) is 9.15 Å². The first kappa shape index (κ1) is 18.9. The molecule has 1 amide bonds. The van der Waals surface area contributed by atoms with Gasteiger partial charge in [-0.25, -0.2) is 9.59 Å². The number of pyridine rings is 1. The molecule has 0 radical (unpaired) electrons. The van der Waals surface area contributed by atoms with Crippen LogP contribution in [0.2, 0.25) is 0 Å². The van der Waals surface area contributed by atoms with E-state index >= 15 is 0 Å². The fraction of sp³-hybridized carbons (Fsp3) is 0.421. The molecule has 1 fully saturated rings. The molecule has 27 heavy (non-hydrogen) atoms. The quantitative estimate of drug-likeness (QED) is 0.804. The van der Waals surface area contributed by atoms with Crippen LogP contribution in [0.25, 0.3) is 11.0 Å². The number of rotatable bonds is 5. The van der Waals surface area contributed by atoms with Crippen LogP contribution in [-0.2, 0) is 15.1 Å². The van der Waals surface area contributed by atoms with Crippen molar-refractivity contribution in [3.05, 3.63) is 42.9 Å². The number of piperazine rings is 1. The SMILES string of the molecule is C=CCOC(=O)N1CCN(C(C)(C)c2cc3cnccc3o2)C[C@H]1C(=O)O. The van der Waals surface area contributed by atoms with E-state index in [0.29, 0.717) is 6.54 Å². The fourth-order valence-corrected chi connectivity index (χ4v) is 3.28. The van der Waals surface area contributed by atoms with Crippen LogP contribution in [0.4, 0.5) is 4.79 Å². The molecule has 8 heteroatoms. The van der Waals surface area contributed by atoms with Crippen molar-refractivity contribution in [2.75, 3.05) is 26.2 Å². The molecule has 2 aromatic rings. The second kappa shape index (κ2) is 7.40. The third kappa shape index (κ3) is 3.66. The number of nitrogens with zero attached hydrogens (tertiary/aromatic N) is 3. The van der Waals surface area contributed by atoms with Crippen LogP contribution in [0.3, 0.4) is 0 Å². The van der Waals surface area contributed by atoms with E-state index in [2.05, 4.69) is 11.6 Å². The van der Waals surface area contributed by atoms with Gasteiger partial charge in [0.15, 0.2) is 0 Å². The van der Waals surface area contributed by atoms with Crippen LogP contribution in [0.1, 0.15) is 19.6 Å². The fourth-order valence-electron chi connectivity index (χ4n) is 3.28. The minimum absolute atomic E-state index is 0.0455. The van der Waals surface area contributed by atoms with Gasteiger partial charge in [-0.05, 0) is 26.0 Å². The van der Waals surface area contributed by atoms with Gasteiger partial charge in [0, 0.05) is 37.4 Å². The second-order valence-electron chi connectivity index (χ2n) is 6.94. The second-order valence-corrected chi connectivity index (χ2v) is 6.94. The van der Waals surface area contributed by atoms with Crippen LogP contribution in [0, 0.1) is 0 Å². The lowest BCUT2D eigenvalue weighted by molar-refractivity contribution is -0.146. The van der Waals surface area contributed by atoms with Gasteiger partial charge in [0.05, 0.1) is 5.54 Å². The molecule has 0 saturated carbocycles. The molecule has 1 N–H and O–H groups in total. The highest BCUT2D eigenvalue weighted by atomic mass is 16.6. The Morgan fingerprint density at radius 3 is 2.93 bits per heavy atom. The molecule has 144 valence electrons. The molecule has 8 nitrogen and oxygen atoms in total. The number of aliphatic carboxylic acids is 1. The number of aromatic nitrogens is 1. The number of carbonyl (C=O) groups excluding carboxylic acids is 1. The van der Waals surface area contributed by atoms with E-state index < -0.39 is 23.6 Å². The predicted molar refractivity (Wildman–Crippen MR) is 98.3 cm³/mol. The van der Waals surface area contributed by atoms with Crippen molar-refractivity contribution in [3.8, 4) is 0 Å². The summed E-state index contributed by atoms with van der Waals surface area (Å²) in [6.45, 7) is 8.40. The molecule has 0 bridgehead atoms. The lowest BCUT2D eigenvalue weighted by Crippen LogP contribution is -2.61. The van der Waals surface area contributed by atoms with Gasteiger partial charge in [-0.2, -0.15) is 0 Å².